The number of benzene rings is 5. The van der Waals surface area contributed by atoms with Crippen LogP contribution in [0.5, 0.6) is 0 Å². The molecule has 0 bridgehead atoms. The third-order valence-electron chi connectivity index (χ3n) is 8.18. The molecule has 5 aromatic carbocycles. The summed E-state index contributed by atoms with van der Waals surface area (Å²) in [7, 11) is 0. The average Bonchev–Trinajstić information content (AvgIpc) is 3.45. The fourth-order valence-electron chi connectivity index (χ4n) is 6.65. The molecule has 0 fully saturated rings. The predicted octanol–water partition coefficient (Wildman–Crippen LogP) is 8.76. The Balaban J connectivity index is 1.34. The molecule has 6 aromatic rings. The second-order valence-corrected chi connectivity index (χ2v) is 9.94. The van der Waals surface area contributed by atoms with Crippen LogP contribution in [0, 0.1) is 0 Å². The fraction of sp³-hybridized carbons (Fsp3) is 0.0278. The molecule has 1 aromatic heterocycles. The topological polar surface area (TPSA) is 12.9 Å². The van der Waals surface area contributed by atoms with Gasteiger partial charge in [-0.15, -0.1) is 0 Å². The summed E-state index contributed by atoms with van der Waals surface area (Å²) in [5.41, 5.74) is 15.2. The van der Waals surface area contributed by atoms with E-state index in [0.717, 1.165) is 11.3 Å². The van der Waals surface area contributed by atoms with Gasteiger partial charge in [-0.3, -0.25) is 4.98 Å². The Morgan fingerprint density at radius 3 is 1.46 bits per heavy atom. The van der Waals surface area contributed by atoms with Gasteiger partial charge in [0.15, 0.2) is 0 Å². The summed E-state index contributed by atoms with van der Waals surface area (Å²) < 4.78 is 0. The summed E-state index contributed by atoms with van der Waals surface area (Å²) in [5, 5.41) is 0. The molecule has 1 heterocycles. The molecule has 37 heavy (non-hydrogen) atoms. The lowest BCUT2D eigenvalue weighted by Gasteiger charge is -2.30. The van der Waals surface area contributed by atoms with E-state index in [1.165, 1.54) is 55.6 Å². The molecule has 2 aliphatic rings. The predicted molar refractivity (Wildman–Crippen MR) is 151 cm³/mol. The zero-order valence-corrected chi connectivity index (χ0v) is 20.2. The van der Waals surface area contributed by atoms with Gasteiger partial charge in [0.1, 0.15) is 0 Å². The first-order valence-electron chi connectivity index (χ1n) is 12.8. The van der Waals surface area contributed by atoms with Gasteiger partial charge in [0.05, 0.1) is 11.1 Å². The Hall–Kier alpha value is -4.75. The van der Waals surface area contributed by atoms with Crippen LogP contribution in [0.4, 0.5) is 0 Å². The number of hydrogen-bond donors (Lipinski definition) is 0. The molecule has 1 nitrogen and oxygen atoms in total. The van der Waals surface area contributed by atoms with Crippen LogP contribution >= 0.6 is 0 Å². The van der Waals surface area contributed by atoms with Crippen molar-refractivity contribution in [1.82, 2.24) is 4.98 Å². The third kappa shape index (κ3) is 2.71. The van der Waals surface area contributed by atoms with Crippen LogP contribution in [0.3, 0.4) is 0 Å². The quantitative estimate of drug-likeness (QED) is 0.247. The number of pyridine rings is 1. The average molecular weight is 470 g/mol. The van der Waals surface area contributed by atoms with Gasteiger partial charge in [0.2, 0.25) is 0 Å². The van der Waals surface area contributed by atoms with Crippen LogP contribution in [0.1, 0.15) is 22.3 Å². The van der Waals surface area contributed by atoms with E-state index in [-0.39, 0.29) is 5.41 Å². The fourth-order valence-corrected chi connectivity index (χ4v) is 6.65. The minimum absolute atomic E-state index is 0.277. The Morgan fingerprint density at radius 1 is 0.378 bits per heavy atom. The third-order valence-corrected chi connectivity index (χ3v) is 8.18. The van der Waals surface area contributed by atoms with Crippen LogP contribution in [0.2, 0.25) is 0 Å². The highest BCUT2D eigenvalue weighted by Gasteiger charge is 2.51. The zero-order valence-electron chi connectivity index (χ0n) is 20.2. The van der Waals surface area contributed by atoms with Crippen molar-refractivity contribution >= 4 is 0 Å². The molecule has 0 aliphatic heterocycles. The summed E-state index contributed by atoms with van der Waals surface area (Å²) in [6, 6.07) is 48.7. The Labute approximate surface area is 216 Å². The van der Waals surface area contributed by atoms with Gasteiger partial charge < -0.3 is 0 Å². The Bertz CT molecular complexity index is 1770. The molecule has 0 N–H and O–H groups in total. The minimum Gasteiger partial charge on any atom is -0.256 e. The second-order valence-electron chi connectivity index (χ2n) is 9.94. The van der Waals surface area contributed by atoms with Crippen molar-refractivity contribution in [3.63, 3.8) is 0 Å². The van der Waals surface area contributed by atoms with E-state index in [1.807, 2.05) is 18.3 Å². The van der Waals surface area contributed by atoms with Crippen LogP contribution in [0.15, 0.2) is 140 Å². The number of fused-ring (bicyclic) bond motifs is 10. The molecule has 8 rings (SSSR count). The molecule has 0 radical (unpaired) electrons. The normalized spacial score (nSPS) is 13.6. The molecular weight excluding hydrogens is 446 g/mol. The van der Waals surface area contributed by atoms with Gasteiger partial charge >= 0.3 is 0 Å². The van der Waals surface area contributed by atoms with Gasteiger partial charge in [0, 0.05) is 11.8 Å². The lowest BCUT2D eigenvalue weighted by Crippen LogP contribution is -2.25. The smallest absolute Gasteiger partial charge is 0.0725 e. The monoisotopic (exact) mass is 469 g/mol. The SMILES string of the molecule is c1ccc(-c2ccc(-c3ccc4c(c3)-c3ccccc3C43c4ccccc4-c4ccccc43)cc2)nc1. The lowest BCUT2D eigenvalue weighted by atomic mass is 9.70. The Morgan fingerprint density at radius 2 is 0.865 bits per heavy atom. The maximum atomic E-state index is 4.50. The number of nitrogens with zero attached hydrogens (tertiary/aromatic N) is 1. The van der Waals surface area contributed by atoms with Crippen LogP contribution in [-0.4, -0.2) is 4.98 Å². The van der Waals surface area contributed by atoms with Crippen molar-refractivity contribution in [2.75, 3.05) is 0 Å². The van der Waals surface area contributed by atoms with Gasteiger partial charge in [-0.1, -0.05) is 115 Å². The molecule has 1 heteroatoms. The Kier molecular flexibility index (Phi) is 4.21. The molecule has 2 aliphatic carbocycles. The molecule has 0 saturated heterocycles. The van der Waals surface area contributed by atoms with E-state index in [0.29, 0.717) is 0 Å². The van der Waals surface area contributed by atoms with Gasteiger partial charge in [-0.25, -0.2) is 0 Å². The molecule has 0 saturated carbocycles. The highest BCUT2D eigenvalue weighted by Crippen LogP contribution is 2.62. The van der Waals surface area contributed by atoms with E-state index in [1.54, 1.807) is 0 Å². The summed E-state index contributed by atoms with van der Waals surface area (Å²) >= 11 is 0. The highest BCUT2D eigenvalue weighted by molar-refractivity contribution is 5.96. The second kappa shape index (κ2) is 7.62. The lowest BCUT2D eigenvalue weighted by molar-refractivity contribution is 0.794. The zero-order chi connectivity index (χ0) is 24.4. The molecule has 0 atom stereocenters. The van der Waals surface area contributed by atoms with Crippen molar-refractivity contribution in [3.05, 3.63) is 162 Å². The largest absolute Gasteiger partial charge is 0.256 e. The molecule has 0 amide bonds. The molecule has 172 valence electrons. The maximum Gasteiger partial charge on any atom is 0.0725 e. The molecular formula is C36H23N. The van der Waals surface area contributed by atoms with Crippen molar-refractivity contribution < 1.29 is 0 Å². The molecule has 0 unspecified atom stereocenters. The van der Waals surface area contributed by atoms with E-state index in [2.05, 4.69) is 126 Å². The summed E-state index contributed by atoms with van der Waals surface area (Å²) in [5.74, 6) is 0. The van der Waals surface area contributed by atoms with Crippen LogP contribution in [-0.2, 0) is 5.41 Å². The first-order chi connectivity index (χ1) is 18.4. The van der Waals surface area contributed by atoms with Crippen molar-refractivity contribution in [2.45, 2.75) is 5.41 Å². The van der Waals surface area contributed by atoms with Gasteiger partial charge in [0.25, 0.3) is 0 Å². The summed E-state index contributed by atoms with van der Waals surface area (Å²) in [4.78, 5) is 4.50. The number of rotatable bonds is 2. The maximum absolute atomic E-state index is 4.50. The summed E-state index contributed by atoms with van der Waals surface area (Å²) in [6.07, 6.45) is 1.84. The van der Waals surface area contributed by atoms with E-state index < -0.39 is 0 Å². The number of aromatic nitrogens is 1. The first kappa shape index (κ1) is 20.4. The van der Waals surface area contributed by atoms with Gasteiger partial charge in [-0.05, 0) is 73.8 Å². The first-order valence-corrected chi connectivity index (χ1v) is 12.8. The van der Waals surface area contributed by atoms with Crippen molar-refractivity contribution in [2.24, 2.45) is 0 Å². The van der Waals surface area contributed by atoms with Crippen LogP contribution in [0.25, 0.3) is 44.6 Å². The van der Waals surface area contributed by atoms with E-state index in [4.69, 9.17) is 0 Å². The number of hydrogen-bond acceptors (Lipinski definition) is 1. The minimum atomic E-state index is -0.277. The van der Waals surface area contributed by atoms with Gasteiger partial charge in [-0.2, -0.15) is 0 Å². The standard InChI is InChI=1S/C36H23N/c1-4-12-31-27(9-1)28-10-2-5-13-32(28)36(31)33-14-6-3-11-29(33)30-23-26(20-21-34(30)36)24-16-18-25(19-17-24)35-15-7-8-22-37-35/h1-23H. The highest BCUT2D eigenvalue weighted by atomic mass is 14.7. The van der Waals surface area contributed by atoms with Crippen molar-refractivity contribution in [3.8, 4) is 44.6 Å². The van der Waals surface area contributed by atoms with Crippen molar-refractivity contribution in [1.29, 1.82) is 0 Å². The van der Waals surface area contributed by atoms with E-state index >= 15 is 0 Å². The van der Waals surface area contributed by atoms with Crippen LogP contribution < -0.4 is 0 Å². The summed E-state index contributed by atoms with van der Waals surface area (Å²) in [6.45, 7) is 0. The van der Waals surface area contributed by atoms with E-state index in [9.17, 15) is 0 Å². The molecule has 1 spiro atoms.